The van der Waals surface area contributed by atoms with Crippen LogP contribution in [0.25, 0.3) is 0 Å². The molecule has 1 atom stereocenters. The second-order valence-electron chi connectivity index (χ2n) is 6.19. The lowest BCUT2D eigenvalue weighted by molar-refractivity contribution is 0.339. The minimum Gasteiger partial charge on any atom is -0.497 e. The molecule has 3 rings (SSSR count). The van der Waals surface area contributed by atoms with Gasteiger partial charge < -0.3 is 9.30 Å². The molecule has 0 aliphatic carbocycles. The number of piperidine rings is 1. The Morgan fingerprint density at radius 3 is 2.64 bits per heavy atom. The fraction of sp³-hybridized carbons (Fsp3) is 0.471. The number of ether oxygens (including phenoxy) is 1. The van der Waals surface area contributed by atoms with E-state index in [9.17, 15) is 8.42 Å². The van der Waals surface area contributed by atoms with Gasteiger partial charge in [0.1, 0.15) is 17.6 Å². The molecule has 1 aromatic carbocycles. The molecule has 1 aliphatic rings. The number of rotatable bonds is 6. The van der Waals surface area contributed by atoms with Crippen LogP contribution in [0.2, 0.25) is 0 Å². The molecule has 1 aliphatic heterocycles. The number of benzene rings is 1. The number of hydrogen-bond acceptors (Lipinski definition) is 4. The van der Waals surface area contributed by atoms with Crippen molar-refractivity contribution < 1.29 is 13.2 Å². The van der Waals surface area contributed by atoms with Crippen molar-refractivity contribution in [2.75, 3.05) is 20.2 Å². The number of nitrogens with zero attached hydrogens (tertiary/aromatic N) is 3. The van der Waals surface area contributed by atoms with Crippen LogP contribution in [-0.4, -0.2) is 42.5 Å². The first-order chi connectivity index (χ1) is 12.0. The van der Waals surface area contributed by atoms with Crippen molar-refractivity contribution >= 4 is 10.2 Å². The molecular formula is C17H24N4O3S. The summed E-state index contributed by atoms with van der Waals surface area (Å²) >= 11 is 0. The maximum absolute atomic E-state index is 12.9. The van der Waals surface area contributed by atoms with Crippen LogP contribution in [0, 0.1) is 0 Å². The zero-order valence-electron chi connectivity index (χ0n) is 14.6. The quantitative estimate of drug-likeness (QED) is 0.848. The highest BCUT2D eigenvalue weighted by Crippen LogP contribution is 2.26. The van der Waals surface area contributed by atoms with Crippen LogP contribution < -0.4 is 9.46 Å². The van der Waals surface area contributed by atoms with Crippen LogP contribution in [-0.2, 0) is 17.3 Å². The lowest BCUT2D eigenvalue weighted by atomic mass is 10.1. The topological polar surface area (TPSA) is 76.5 Å². The van der Waals surface area contributed by atoms with Crippen LogP contribution in [0.4, 0.5) is 0 Å². The highest BCUT2D eigenvalue weighted by Gasteiger charge is 2.30. The van der Waals surface area contributed by atoms with Gasteiger partial charge >= 0.3 is 0 Å². The highest BCUT2D eigenvalue weighted by molar-refractivity contribution is 7.87. The van der Waals surface area contributed by atoms with Gasteiger partial charge in [0.2, 0.25) is 0 Å². The monoisotopic (exact) mass is 364 g/mol. The van der Waals surface area contributed by atoms with Crippen LogP contribution in [0.15, 0.2) is 36.7 Å². The Kier molecular flexibility index (Phi) is 5.41. The Morgan fingerprint density at radius 1 is 1.24 bits per heavy atom. The third kappa shape index (κ3) is 4.02. The van der Waals surface area contributed by atoms with Gasteiger partial charge in [0, 0.05) is 32.5 Å². The molecule has 136 valence electrons. The van der Waals surface area contributed by atoms with E-state index in [0.717, 1.165) is 24.8 Å². The second kappa shape index (κ2) is 7.55. The number of aromatic nitrogens is 2. The number of methoxy groups -OCH3 is 1. The van der Waals surface area contributed by atoms with Gasteiger partial charge in [0.25, 0.3) is 10.2 Å². The van der Waals surface area contributed by atoms with Crippen molar-refractivity contribution in [1.82, 2.24) is 18.6 Å². The summed E-state index contributed by atoms with van der Waals surface area (Å²) in [6.07, 6.45) is 6.33. The average molecular weight is 364 g/mol. The molecule has 1 saturated heterocycles. The number of hydrogen-bond donors (Lipinski definition) is 1. The number of nitrogens with one attached hydrogen (secondary N) is 1. The fourth-order valence-electron chi connectivity index (χ4n) is 3.07. The van der Waals surface area contributed by atoms with Gasteiger partial charge in [-0.15, -0.1) is 0 Å². The number of aryl methyl sites for hydroxylation is 1. The van der Waals surface area contributed by atoms with Crippen LogP contribution in [0.1, 0.15) is 36.7 Å². The minimum absolute atomic E-state index is 0.556. The van der Waals surface area contributed by atoms with E-state index in [0.29, 0.717) is 24.7 Å². The Morgan fingerprint density at radius 2 is 2.00 bits per heavy atom. The van der Waals surface area contributed by atoms with E-state index < -0.39 is 16.3 Å². The van der Waals surface area contributed by atoms with Gasteiger partial charge in [0.05, 0.1) is 7.11 Å². The van der Waals surface area contributed by atoms with E-state index in [1.807, 2.05) is 35.9 Å². The normalized spacial score (nSPS) is 17.4. The number of imidazole rings is 1. The Labute approximate surface area is 148 Å². The summed E-state index contributed by atoms with van der Waals surface area (Å²) in [4.78, 5) is 4.35. The largest absolute Gasteiger partial charge is 0.497 e. The molecule has 0 spiro atoms. The Balaban J connectivity index is 1.95. The molecule has 0 bridgehead atoms. The zero-order chi connectivity index (χ0) is 17.9. The highest BCUT2D eigenvalue weighted by atomic mass is 32.2. The maximum atomic E-state index is 12.9. The van der Waals surface area contributed by atoms with Crippen LogP contribution in [0.5, 0.6) is 5.75 Å². The van der Waals surface area contributed by atoms with Crippen molar-refractivity contribution in [3.05, 3.63) is 48.0 Å². The third-order valence-corrected chi connectivity index (χ3v) is 6.04. The van der Waals surface area contributed by atoms with Crippen LogP contribution >= 0.6 is 0 Å². The first-order valence-corrected chi connectivity index (χ1v) is 9.84. The van der Waals surface area contributed by atoms with E-state index in [1.54, 1.807) is 19.5 Å². The Bertz CT molecular complexity index is 813. The predicted molar refractivity (Wildman–Crippen MR) is 95.5 cm³/mol. The molecule has 0 amide bonds. The van der Waals surface area contributed by atoms with E-state index >= 15 is 0 Å². The molecule has 1 N–H and O–H groups in total. The van der Waals surface area contributed by atoms with E-state index in [-0.39, 0.29) is 0 Å². The van der Waals surface area contributed by atoms with Crippen molar-refractivity contribution in [1.29, 1.82) is 0 Å². The summed E-state index contributed by atoms with van der Waals surface area (Å²) in [6, 6.07) is 6.80. The maximum Gasteiger partial charge on any atom is 0.280 e. The molecule has 0 saturated carbocycles. The summed E-state index contributed by atoms with van der Waals surface area (Å²) in [6.45, 7) is 1.11. The molecule has 2 heterocycles. The molecular weight excluding hydrogens is 340 g/mol. The van der Waals surface area contributed by atoms with Gasteiger partial charge in [-0.25, -0.2) is 4.98 Å². The zero-order valence-corrected chi connectivity index (χ0v) is 15.4. The van der Waals surface area contributed by atoms with Gasteiger partial charge in [0.15, 0.2) is 0 Å². The molecule has 2 aromatic rings. The minimum atomic E-state index is -3.60. The second-order valence-corrected chi connectivity index (χ2v) is 7.89. The summed E-state index contributed by atoms with van der Waals surface area (Å²) < 4.78 is 37.2. The van der Waals surface area contributed by atoms with Crippen molar-refractivity contribution in [2.45, 2.75) is 25.3 Å². The third-order valence-electron chi connectivity index (χ3n) is 4.47. The van der Waals surface area contributed by atoms with Gasteiger partial charge in [-0.05, 0) is 30.5 Å². The lowest BCUT2D eigenvalue weighted by Gasteiger charge is -2.28. The standard InChI is InChI=1S/C17H24N4O3S/c1-20-12-9-18-17(20)16(14-7-6-8-15(13-14)24-2)19-25(22,23)21-10-4-3-5-11-21/h6-9,12-13,16,19H,3-5,10-11H2,1-2H3/t16-/m0/s1. The first-order valence-electron chi connectivity index (χ1n) is 8.40. The Hall–Kier alpha value is -1.90. The van der Waals surface area contributed by atoms with Crippen molar-refractivity contribution in [3.8, 4) is 5.75 Å². The van der Waals surface area contributed by atoms with Gasteiger partial charge in [-0.1, -0.05) is 18.6 Å². The molecule has 1 fully saturated rings. The summed E-state index contributed by atoms with van der Waals surface area (Å²) in [5.74, 6) is 1.31. The van der Waals surface area contributed by atoms with Crippen molar-refractivity contribution in [3.63, 3.8) is 0 Å². The smallest absolute Gasteiger partial charge is 0.280 e. The molecule has 1 aromatic heterocycles. The molecule has 0 unspecified atom stereocenters. The van der Waals surface area contributed by atoms with Crippen molar-refractivity contribution in [2.24, 2.45) is 7.05 Å². The SMILES string of the molecule is COc1cccc([C@H](NS(=O)(=O)N2CCCCC2)c2nccn2C)c1. The molecule has 7 nitrogen and oxygen atoms in total. The summed E-state index contributed by atoms with van der Waals surface area (Å²) in [5.41, 5.74) is 0.786. The van der Waals surface area contributed by atoms with E-state index in [2.05, 4.69) is 9.71 Å². The van der Waals surface area contributed by atoms with Gasteiger partial charge in [-0.2, -0.15) is 17.4 Å². The predicted octanol–water partition coefficient (Wildman–Crippen LogP) is 1.84. The molecule has 0 radical (unpaired) electrons. The molecule has 25 heavy (non-hydrogen) atoms. The van der Waals surface area contributed by atoms with Crippen LogP contribution in [0.3, 0.4) is 0 Å². The fourth-order valence-corrected chi connectivity index (χ4v) is 4.50. The molecule has 8 heteroatoms. The van der Waals surface area contributed by atoms with E-state index in [1.165, 1.54) is 4.31 Å². The van der Waals surface area contributed by atoms with E-state index in [4.69, 9.17) is 4.74 Å². The average Bonchev–Trinajstić information content (AvgIpc) is 3.06. The first kappa shape index (κ1) is 17.9. The summed E-state index contributed by atoms with van der Waals surface area (Å²) in [5, 5.41) is 0. The lowest BCUT2D eigenvalue weighted by Crippen LogP contribution is -2.45. The summed E-state index contributed by atoms with van der Waals surface area (Å²) in [7, 11) is -0.162. The van der Waals surface area contributed by atoms with Gasteiger partial charge in [-0.3, -0.25) is 0 Å².